The number of amides is 1. The molecule has 1 heterocycles. The average molecular weight is 306 g/mol. The Bertz CT molecular complexity index is 561. The zero-order chi connectivity index (χ0) is 15.4. The molecular weight excluding hydrogens is 284 g/mol. The molecule has 1 saturated carbocycles. The van der Waals surface area contributed by atoms with E-state index in [2.05, 4.69) is 23.6 Å². The summed E-state index contributed by atoms with van der Waals surface area (Å²) in [5, 5.41) is 16.0. The summed E-state index contributed by atoms with van der Waals surface area (Å²) in [6, 6.07) is 2.11. The number of hydrogen-bond acceptors (Lipinski definition) is 5. The molecule has 1 aliphatic rings. The second kappa shape index (κ2) is 6.81. The molecule has 0 spiro atoms. The summed E-state index contributed by atoms with van der Waals surface area (Å²) in [7, 11) is 0. The molecule has 2 rings (SSSR count). The zero-order valence-electron chi connectivity index (χ0n) is 12.5. The molecule has 2 atom stereocenters. The summed E-state index contributed by atoms with van der Waals surface area (Å²) in [6.45, 7) is 5.51. The Morgan fingerprint density at radius 1 is 1.52 bits per heavy atom. The smallest absolute Gasteiger partial charge is 0.263 e. The highest BCUT2D eigenvalue weighted by Crippen LogP contribution is 2.36. The fourth-order valence-electron chi connectivity index (χ4n) is 2.84. The Morgan fingerprint density at radius 2 is 2.29 bits per heavy atom. The topological polar surface area (TPSA) is 90.9 Å². The van der Waals surface area contributed by atoms with Crippen LogP contribution in [0, 0.1) is 23.2 Å². The van der Waals surface area contributed by atoms with Crippen LogP contribution in [0.4, 0.5) is 10.7 Å². The van der Waals surface area contributed by atoms with Crippen molar-refractivity contribution in [1.82, 2.24) is 5.32 Å². The molecule has 0 radical (unpaired) electrons. The van der Waals surface area contributed by atoms with Crippen molar-refractivity contribution in [3.63, 3.8) is 0 Å². The Labute approximate surface area is 129 Å². The molecule has 4 N–H and O–H groups in total. The van der Waals surface area contributed by atoms with Crippen molar-refractivity contribution < 1.29 is 4.79 Å². The predicted molar refractivity (Wildman–Crippen MR) is 86.4 cm³/mol. The van der Waals surface area contributed by atoms with Gasteiger partial charge in [0.1, 0.15) is 21.5 Å². The molecule has 1 aliphatic carbocycles. The highest BCUT2D eigenvalue weighted by atomic mass is 32.1. The molecule has 0 aliphatic heterocycles. The van der Waals surface area contributed by atoms with Crippen LogP contribution >= 0.6 is 11.3 Å². The lowest BCUT2D eigenvalue weighted by atomic mass is 10.1. The van der Waals surface area contributed by atoms with Crippen LogP contribution in [0.2, 0.25) is 0 Å². The second-order valence-electron chi connectivity index (χ2n) is 5.69. The lowest BCUT2D eigenvalue weighted by Gasteiger charge is -2.11. The first kappa shape index (κ1) is 15.6. The summed E-state index contributed by atoms with van der Waals surface area (Å²) in [6.07, 6.45) is 3.72. The van der Waals surface area contributed by atoms with Crippen LogP contribution in [0.25, 0.3) is 0 Å². The molecule has 1 aromatic heterocycles. The van der Waals surface area contributed by atoms with E-state index in [-0.39, 0.29) is 11.6 Å². The molecule has 1 amide bonds. The maximum atomic E-state index is 11.9. The molecule has 5 nitrogen and oxygen atoms in total. The maximum absolute atomic E-state index is 11.9. The number of hydrogen-bond donors (Lipinski definition) is 3. The van der Waals surface area contributed by atoms with Gasteiger partial charge in [0.2, 0.25) is 0 Å². The maximum Gasteiger partial charge on any atom is 0.263 e. The van der Waals surface area contributed by atoms with Gasteiger partial charge in [-0.25, -0.2) is 0 Å². The predicted octanol–water partition coefficient (Wildman–Crippen LogP) is 2.80. The van der Waals surface area contributed by atoms with Crippen molar-refractivity contribution >= 4 is 27.9 Å². The minimum Gasteiger partial charge on any atom is -0.396 e. The van der Waals surface area contributed by atoms with Crippen molar-refractivity contribution in [2.24, 2.45) is 11.8 Å². The second-order valence-corrected chi connectivity index (χ2v) is 6.71. The highest BCUT2D eigenvalue weighted by molar-refractivity contribution is 7.18. The first-order valence-electron chi connectivity index (χ1n) is 7.41. The SMILES string of the molecule is CCNC(=O)c1sc(NCC2CCC(C)C2)c(C#N)c1N. The van der Waals surface area contributed by atoms with Gasteiger partial charge in [0, 0.05) is 13.1 Å². The third-order valence-corrected chi connectivity index (χ3v) is 5.12. The van der Waals surface area contributed by atoms with Gasteiger partial charge in [-0.15, -0.1) is 11.3 Å². The van der Waals surface area contributed by atoms with Crippen LogP contribution in [0.3, 0.4) is 0 Å². The first-order chi connectivity index (χ1) is 10.1. The number of carbonyl (C=O) groups is 1. The molecule has 114 valence electrons. The van der Waals surface area contributed by atoms with E-state index in [0.717, 1.165) is 17.5 Å². The minimum atomic E-state index is -0.209. The number of rotatable bonds is 5. The molecule has 1 aromatic rings. The molecule has 0 aromatic carbocycles. The van der Waals surface area contributed by atoms with Gasteiger partial charge in [-0.2, -0.15) is 5.26 Å². The van der Waals surface area contributed by atoms with Gasteiger partial charge in [0.15, 0.2) is 0 Å². The molecule has 0 saturated heterocycles. The first-order valence-corrected chi connectivity index (χ1v) is 8.22. The Morgan fingerprint density at radius 3 is 2.86 bits per heavy atom. The van der Waals surface area contributed by atoms with Gasteiger partial charge >= 0.3 is 0 Å². The summed E-state index contributed by atoms with van der Waals surface area (Å²) >= 11 is 1.27. The number of nitriles is 1. The fourth-order valence-corrected chi connectivity index (χ4v) is 3.83. The monoisotopic (exact) mass is 306 g/mol. The van der Waals surface area contributed by atoms with Crippen LogP contribution in [0.5, 0.6) is 0 Å². The van der Waals surface area contributed by atoms with Crippen LogP contribution < -0.4 is 16.4 Å². The standard InChI is InChI=1S/C15H22N4OS/c1-3-18-14(20)13-12(17)11(7-16)15(21-13)19-8-10-5-4-9(2)6-10/h9-10,19H,3-6,8,17H2,1-2H3,(H,18,20). The molecule has 6 heteroatoms. The third kappa shape index (κ3) is 3.48. The summed E-state index contributed by atoms with van der Waals surface area (Å²) < 4.78 is 0. The molecular formula is C15H22N4OS. The number of carbonyl (C=O) groups excluding carboxylic acids is 1. The molecule has 1 fully saturated rings. The largest absolute Gasteiger partial charge is 0.396 e. The van der Waals surface area contributed by atoms with Crippen molar-refractivity contribution in [3.8, 4) is 6.07 Å². The highest BCUT2D eigenvalue weighted by Gasteiger charge is 2.24. The van der Waals surface area contributed by atoms with E-state index in [4.69, 9.17) is 5.73 Å². The van der Waals surface area contributed by atoms with Crippen molar-refractivity contribution in [2.45, 2.75) is 33.1 Å². The Kier molecular flexibility index (Phi) is 5.07. The Balaban J connectivity index is 2.10. The van der Waals surface area contributed by atoms with E-state index >= 15 is 0 Å². The van der Waals surface area contributed by atoms with E-state index in [1.165, 1.54) is 30.6 Å². The van der Waals surface area contributed by atoms with Crippen LogP contribution in [0.15, 0.2) is 0 Å². The van der Waals surface area contributed by atoms with Crippen LogP contribution in [-0.2, 0) is 0 Å². The van der Waals surface area contributed by atoms with E-state index in [0.29, 0.717) is 22.9 Å². The number of nitrogens with two attached hydrogens (primary N) is 1. The van der Waals surface area contributed by atoms with Gasteiger partial charge in [0.05, 0.1) is 5.69 Å². The number of nitrogens with one attached hydrogen (secondary N) is 2. The minimum absolute atomic E-state index is 0.209. The summed E-state index contributed by atoms with van der Waals surface area (Å²) in [5.74, 6) is 1.22. The molecule has 21 heavy (non-hydrogen) atoms. The van der Waals surface area contributed by atoms with Crippen molar-refractivity contribution in [2.75, 3.05) is 24.1 Å². The van der Waals surface area contributed by atoms with E-state index in [1.54, 1.807) is 0 Å². The van der Waals surface area contributed by atoms with Crippen molar-refractivity contribution in [3.05, 3.63) is 10.4 Å². The van der Waals surface area contributed by atoms with Gasteiger partial charge in [-0.05, 0) is 31.6 Å². The van der Waals surface area contributed by atoms with Gasteiger partial charge in [-0.1, -0.05) is 13.3 Å². The fraction of sp³-hybridized carbons (Fsp3) is 0.600. The normalized spacial score (nSPS) is 21.0. The van der Waals surface area contributed by atoms with Crippen LogP contribution in [-0.4, -0.2) is 19.0 Å². The number of thiophene rings is 1. The lowest BCUT2D eigenvalue weighted by Crippen LogP contribution is -2.22. The zero-order valence-corrected chi connectivity index (χ0v) is 13.3. The van der Waals surface area contributed by atoms with Gasteiger partial charge in [-0.3, -0.25) is 4.79 Å². The number of nitrogens with zero attached hydrogens (tertiary/aromatic N) is 1. The lowest BCUT2D eigenvalue weighted by molar-refractivity contribution is 0.0960. The van der Waals surface area contributed by atoms with Gasteiger partial charge < -0.3 is 16.4 Å². The van der Waals surface area contributed by atoms with E-state index in [1.807, 2.05) is 6.92 Å². The quantitative estimate of drug-likeness (QED) is 0.780. The third-order valence-electron chi connectivity index (χ3n) is 3.96. The molecule has 2 unspecified atom stereocenters. The van der Waals surface area contributed by atoms with E-state index < -0.39 is 0 Å². The van der Waals surface area contributed by atoms with Gasteiger partial charge in [0.25, 0.3) is 5.91 Å². The number of anilines is 2. The molecule has 0 bridgehead atoms. The Hall–Kier alpha value is -1.74. The summed E-state index contributed by atoms with van der Waals surface area (Å²) in [5.41, 5.74) is 6.62. The van der Waals surface area contributed by atoms with Crippen LogP contribution in [0.1, 0.15) is 48.3 Å². The number of nitrogen functional groups attached to an aromatic ring is 1. The average Bonchev–Trinajstić information content (AvgIpc) is 3.00. The van der Waals surface area contributed by atoms with Crippen molar-refractivity contribution in [1.29, 1.82) is 5.26 Å². The summed E-state index contributed by atoms with van der Waals surface area (Å²) in [4.78, 5) is 12.4. The van der Waals surface area contributed by atoms with E-state index in [9.17, 15) is 10.1 Å².